The van der Waals surface area contributed by atoms with Gasteiger partial charge in [-0.05, 0) is 52.3 Å². The maximum absolute atomic E-state index is 13.6. The van der Waals surface area contributed by atoms with Gasteiger partial charge in [0.15, 0.2) is 0 Å². The lowest BCUT2D eigenvalue weighted by molar-refractivity contribution is 0.0526. The maximum Gasteiger partial charge on any atom is 0.407 e. The fraction of sp³-hybridized carbons (Fsp3) is 0.533. The molecule has 0 spiro atoms. The minimum absolute atomic E-state index is 0.112. The lowest BCUT2D eigenvalue weighted by Crippen LogP contribution is -2.38. The fourth-order valence-electron chi connectivity index (χ4n) is 1.62. The number of hydrogen-bond acceptors (Lipinski definition) is 3. The van der Waals surface area contributed by atoms with Gasteiger partial charge in [0, 0.05) is 12.6 Å². The van der Waals surface area contributed by atoms with Gasteiger partial charge in [-0.2, -0.15) is 0 Å². The molecular weight excluding hydrogens is 259 g/mol. The molecule has 1 amide bonds. The van der Waals surface area contributed by atoms with Crippen LogP contribution in [-0.2, 0) is 4.74 Å². The zero-order valence-corrected chi connectivity index (χ0v) is 12.7. The highest BCUT2D eigenvalue weighted by Crippen LogP contribution is 2.16. The molecule has 0 bridgehead atoms. The molecule has 1 atom stereocenters. The molecule has 5 heteroatoms. The van der Waals surface area contributed by atoms with Gasteiger partial charge in [0.2, 0.25) is 0 Å². The van der Waals surface area contributed by atoms with Gasteiger partial charge in [0.1, 0.15) is 11.4 Å². The van der Waals surface area contributed by atoms with Crippen LogP contribution in [0.3, 0.4) is 0 Å². The highest BCUT2D eigenvalue weighted by Gasteiger charge is 2.16. The normalized spacial score (nSPS) is 12.7. The Balaban J connectivity index is 2.46. The van der Waals surface area contributed by atoms with Gasteiger partial charge >= 0.3 is 6.09 Å². The molecule has 0 saturated heterocycles. The van der Waals surface area contributed by atoms with Crippen LogP contribution in [0.2, 0.25) is 0 Å². The van der Waals surface area contributed by atoms with Crippen LogP contribution in [0.1, 0.15) is 33.3 Å². The van der Waals surface area contributed by atoms with Gasteiger partial charge in [-0.3, -0.25) is 0 Å². The van der Waals surface area contributed by atoms with Gasteiger partial charge in [-0.1, -0.05) is 6.07 Å². The monoisotopic (exact) mass is 282 g/mol. The lowest BCUT2D eigenvalue weighted by atomic mass is 10.2. The van der Waals surface area contributed by atoms with Crippen LogP contribution >= 0.6 is 0 Å². The van der Waals surface area contributed by atoms with Crippen molar-refractivity contribution in [3.63, 3.8) is 0 Å². The Morgan fingerprint density at radius 3 is 2.65 bits per heavy atom. The number of alkyl carbamates (subject to hydrolysis) is 1. The third-order valence-corrected chi connectivity index (χ3v) is 2.48. The molecule has 0 saturated carbocycles. The van der Waals surface area contributed by atoms with E-state index in [4.69, 9.17) is 4.74 Å². The molecule has 0 aromatic heterocycles. The van der Waals surface area contributed by atoms with Crippen molar-refractivity contribution in [3.8, 4) is 0 Å². The smallest absolute Gasteiger partial charge is 0.407 e. The summed E-state index contributed by atoms with van der Waals surface area (Å²) in [7, 11) is 0. The van der Waals surface area contributed by atoms with Crippen LogP contribution in [0.15, 0.2) is 18.2 Å². The van der Waals surface area contributed by atoms with Gasteiger partial charge < -0.3 is 15.4 Å². The van der Waals surface area contributed by atoms with Crippen molar-refractivity contribution < 1.29 is 13.9 Å². The Bertz CT molecular complexity index is 469. The third kappa shape index (κ3) is 5.91. The molecular formula is C15H23FN2O2. The number of carbonyl (C=O) groups excluding carboxylic acids is 1. The summed E-state index contributed by atoms with van der Waals surface area (Å²) >= 11 is 0. The van der Waals surface area contributed by atoms with Crippen molar-refractivity contribution in [3.05, 3.63) is 29.6 Å². The van der Waals surface area contributed by atoms with Crippen LogP contribution in [-0.4, -0.2) is 24.3 Å². The second-order valence-electron chi connectivity index (χ2n) is 5.91. The van der Waals surface area contributed by atoms with E-state index < -0.39 is 11.7 Å². The fourth-order valence-corrected chi connectivity index (χ4v) is 1.62. The number of aryl methyl sites for hydroxylation is 1. The summed E-state index contributed by atoms with van der Waals surface area (Å²) in [5, 5.41) is 5.67. The van der Waals surface area contributed by atoms with E-state index in [1.807, 2.05) is 13.8 Å². The Hall–Kier alpha value is -1.78. The molecule has 4 nitrogen and oxygen atoms in total. The van der Waals surface area contributed by atoms with Crippen LogP contribution in [0.5, 0.6) is 0 Å². The largest absolute Gasteiger partial charge is 0.444 e. The van der Waals surface area contributed by atoms with Crippen molar-refractivity contribution in [2.45, 2.75) is 46.3 Å². The minimum Gasteiger partial charge on any atom is -0.444 e. The van der Waals surface area contributed by atoms with Gasteiger partial charge in [0.25, 0.3) is 0 Å². The van der Waals surface area contributed by atoms with Gasteiger partial charge in [0.05, 0.1) is 5.69 Å². The molecule has 0 fully saturated rings. The van der Waals surface area contributed by atoms with Crippen molar-refractivity contribution in [1.82, 2.24) is 5.32 Å². The molecule has 0 aliphatic heterocycles. The first-order valence-corrected chi connectivity index (χ1v) is 6.67. The predicted octanol–water partition coefficient (Wildman–Crippen LogP) is 3.46. The van der Waals surface area contributed by atoms with E-state index in [0.717, 1.165) is 5.56 Å². The summed E-state index contributed by atoms with van der Waals surface area (Å²) in [6, 6.07) is 4.76. The zero-order valence-electron chi connectivity index (χ0n) is 12.7. The van der Waals surface area contributed by atoms with Crippen molar-refractivity contribution in [2.75, 3.05) is 11.9 Å². The highest BCUT2D eigenvalue weighted by molar-refractivity contribution is 5.67. The Kier molecular flexibility index (Phi) is 5.36. The predicted molar refractivity (Wildman–Crippen MR) is 78.5 cm³/mol. The van der Waals surface area contributed by atoms with E-state index in [1.165, 1.54) is 6.07 Å². The second kappa shape index (κ2) is 6.59. The molecule has 0 heterocycles. The van der Waals surface area contributed by atoms with Crippen LogP contribution < -0.4 is 10.6 Å². The highest BCUT2D eigenvalue weighted by atomic mass is 19.1. The number of carbonyl (C=O) groups is 1. The first kappa shape index (κ1) is 16.3. The molecule has 112 valence electrons. The third-order valence-electron chi connectivity index (χ3n) is 2.48. The maximum atomic E-state index is 13.6. The van der Waals surface area contributed by atoms with Gasteiger partial charge in [-0.25, -0.2) is 9.18 Å². The summed E-state index contributed by atoms with van der Waals surface area (Å²) in [5.74, 6) is -0.306. The average molecular weight is 282 g/mol. The van der Waals surface area contributed by atoms with Crippen molar-refractivity contribution in [1.29, 1.82) is 0 Å². The molecule has 1 unspecified atom stereocenters. The summed E-state index contributed by atoms with van der Waals surface area (Å²) < 4.78 is 18.7. The van der Waals surface area contributed by atoms with Crippen molar-refractivity contribution in [2.24, 2.45) is 0 Å². The van der Waals surface area contributed by atoms with Crippen LogP contribution in [0.25, 0.3) is 0 Å². The number of anilines is 1. The van der Waals surface area contributed by atoms with E-state index in [2.05, 4.69) is 10.6 Å². The standard InChI is InChI=1S/C15H23FN2O2/c1-10-6-7-12(16)13(8-10)18-11(2)9-17-14(19)20-15(3,4)5/h6-8,11,18H,9H2,1-5H3,(H,17,19). The molecule has 1 rings (SSSR count). The molecule has 1 aromatic rings. The Labute approximate surface area is 119 Å². The summed E-state index contributed by atoms with van der Waals surface area (Å²) in [4.78, 5) is 11.5. The van der Waals surface area contributed by atoms with Crippen LogP contribution in [0, 0.1) is 12.7 Å². The number of hydrogen-bond donors (Lipinski definition) is 2. The topological polar surface area (TPSA) is 50.4 Å². The average Bonchev–Trinajstić information content (AvgIpc) is 2.29. The molecule has 0 radical (unpaired) electrons. The van der Waals surface area contributed by atoms with E-state index in [9.17, 15) is 9.18 Å². The second-order valence-corrected chi connectivity index (χ2v) is 5.91. The number of amides is 1. The number of rotatable bonds is 4. The minimum atomic E-state index is -0.524. The van der Waals surface area contributed by atoms with E-state index >= 15 is 0 Å². The molecule has 1 aromatic carbocycles. The summed E-state index contributed by atoms with van der Waals surface area (Å²) in [6.45, 7) is 9.51. The molecule has 20 heavy (non-hydrogen) atoms. The number of nitrogens with one attached hydrogen (secondary N) is 2. The van der Waals surface area contributed by atoms with Crippen molar-refractivity contribution >= 4 is 11.8 Å². The summed E-state index contributed by atoms with van der Waals surface area (Å²) in [5.41, 5.74) is 0.883. The molecule has 0 aliphatic carbocycles. The van der Waals surface area contributed by atoms with E-state index in [1.54, 1.807) is 32.9 Å². The molecule has 0 aliphatic rings. The number of benzene rings is 1. The SMILES string of the molecule is Cc1ccc(F)c(NC(C)CNC(=O)OC(C)(C)C)c1. The first-order valence-electron chi connectivity index (χ1n) is 6.67. The van der Waals surface area contributed by atoms with E-state index in [0.29, 0.717) is 12.2 Å². The first-order chi connectivity index (χ1) is 9.17. The Morgan fingerprint density at radius 1 is 1.40 bits per heavy atom. The molecule has 2 N–H and O–H groups in total. The quantitative estimate of drug-likeness (QED) is 0.889. The summed E-state index contributed by atoms with van der Waals surface area (Å²) in [6.07, 6.45) is -0.476. The Morgan fingerprint density at radius 2 is 2.05 bits per heavy atom. The van der Waals surface area contributed by atoms with Crippen LogP contribution in [0.4, 0.5) is 14.9 Å². The zero-order chi connectivity index (χ0) is 15.3. The number of ether oxygens (including phenoxy) is 1. The van der Waals surface area contributed by atoms with Gasteiger partial charge in [-0.15, -0.1) is 0 Å². The number of halogens is 1. The lowest BCUT2D eigenvalue weighted by Gasteiger charge is -2.21. The van der Waals surface area contributed by atoms with E-state index in [-0.39, 0.29) is 11.9 Å².